The second-order valence-electron chi connectivity index (χ2n) is 4.42. The van der Waals surface area contributed by atoms with Crippen LogP contribution in [0.25, 0.3) is 0 Å². The van der Waals surface area contributed by atoms with Gasteiger partial charge in [0.05, 0.1) is 6.42 Å². The van der Waals surface area contributed by atoms with Crippen LogP contribution in [0.15, 0.2) is 24.3 Å². The molecule has 3 N–H and O–H groups in total. The molecule has 0 unspecified atom stereocenters. The van der Waals surface area contributed by atoms with E-state index in [2.05, 4.69) is 10.6 Å². The number of rotatable bonds is 4. The maximum absolute atomic E-state index is 11.8. The topological polar surface area (TPSA) is 95.5 Å². The molecule has 0 aromatic heterocycles. The molecule has 1 fully saturated rings. The molecule has 1 saturated heterocycles. The van der Waals surface area contributed by atoms with Crippen molar-refractivity contribution in [2.75, 3.05) is 5.32 Å². The van der Waals surface area contributed by atoms with Crippen molar-refractivity contribution < 1.29 is 19.5 Å². The van der Waals surface area contributed by atoms with Gasteiger partial charge in [-0.3, -0.25) is 14.4 Å². The zero-order valence-corrected chi connectivity index (χ0v) is 10.2. The SMILES string of the molecule is O=C(O)Cc1ccc(NC(=O)[C@H]2CCC(=O)N2)cc1. The van der Waals surface area contributed by atoms with Crippen molar-refractivity contribution in [1.82, 2.24) is 5.32 Å². The fourth-order valence-corrected chi connectivity index (χ4v) is 1.92. The van der Waals surface area contributed by atoms with Crippen LogP contribution < -0.4 is 10.6 Å². The molecule has 1 atom stereocenters. The Morgan fingerprint density at radius 1 is 1.32 bits per heavy atom. The lowest BCUT2D eigenvalue weighted by Gasteiger charge is -2.11. The van der Waals surface area contributed by atoms with Crippen LogP contribution in [-0.4, -0.2) is 28.9 Å². The lowest BCUT2D eigenvalue weighted by atomic mass is 10.1. The number of benzene rings is 1. The summed E-state index contributed by atoms with van der Waals surface area (Å²) in [5.74, 6) is -1.26. The van der Waals surface area contributed by atoms with Gasteiger partial charge >= 0.3 is 5.97 Å². The number of nitrogens with one attached hydrogen (secondary N) is 2. The molecule has 1 aliphatic rings. The minimum atomic E-state index is -0.898. The van der Waals surface area contributed by atoms with Crippen molar-refractivity contribution in [1.29, 1.82) is 0 Å². The van der Waals surface area contributed by atoms with Crippen LogP contribution in [0.5, 0.6) is 0 Å². The molecule has 100 valence electrons. The molecule has 6 heteroatoms. The lowest BCUT2D eigenvalue weighted by molar-refractivity contribution is -0.136. The predicted molar refractivity (Wildman–Crippen MR) is 67.6 cm³/mol. The molecule has 2 rings (SSSR count). The van der Waals surface area contributed by atoms with E-state index in [1.165, 1.54) is 0 Å². The van der Waals surface area contributed by atoms with Gasteiger partial charge in [-0.25, -0.2) is 0 Å². The fourth-order valence-electron chi connectivity index (χ4n) is 1.92. The molecule has 1 aliphatic heterocycles. The maximum Gasteiger partial charge on any atom is 0.307 e. The summed E-state index contributed by atoms with van der Waals surface area (Å²) in [4.78, 5) is 33.3. The number of carbonyl (C=O) groups is 3. The second kappa shape index (κ2) is 5.51. The van der Waals surface area contributed by atoms with Crippen molar-refractivity contribution in [3.63, 3.8) is 0 Å². The number of hydrogen-bond donors (Lipinski definition) is 3. The zero-order valence-electron chi connectivity index (χ0n) is 10.2. The van der Waals surface area contributed by atoms with E-state index in [-0.39, 0.29) is 18.2 Å². The summed E-state index contributed by atoms with van der Waals surface area (Å²) in [7, 11) is 0. The summed E-state index contributed by atoms with van der Waals surface area (Å²) in [6, 6.07) is 6.11. The molecule has 0 aliphatic carbocycles. The number of hydrogen-bond acceptors (Lipinski definition) is 3. The highest BCUT2D eigenvalue weighted by Gasteiger charge is 2.26. The number of anilines is 1. The molecule has 0 radical (unpaired) electrons. The average molecular weight is 262 g/mol. The highest BCUT2D eigenvalue weighted by atomic mass is 16.4. The van der Waals surface area contributed by atoms with E-state index < -0.39 is 12.0 Å². The Balaban J connectivity index is 1.94. The van der Waals surface area contributed by atoms with E-state index in [9.17, 15) is 14.4 Å². The van der Waals surface area contributed by atoms with E-state index in [0.717, 1.165) is 0 Å². The van der Waals surface area contributed by atoms with Gasteiger partial charge in [0.15, 0.2) is 0 Å². The minimum Gasteiger partial charge on any atom is -0.481 e. The van der Waals surface area contributed by atoms with Crippen LogP contribution >= 0.6 is 0 Å². The monoisotopic (exact) mass is 262 g/mol. The lowest BCUT2D eigenvalue weighted by Crippen LogP contribution is -2.37. The molecular formula is C13H14N2O4. The first kappa shape index (κ1) is 13.1. The molecule has 2 amide bonds. The molecular weight excluding hydrogens is 248 g/mol. The molecule has 1 aromatic carbocycles. The molecule has 6 nitrogen and oxygen atoms in total. The van der Waals surface area contributed by atoms with Gasteiger partial charge in [-0.2, -0.15) is 0 Å². The van der Waals surface area contributed by atoms with Crippen LogP contribution in [0.3, 0.4) is 0 Å². The van der Waals surface area contributed by atoms with Gasteiger partial charge < -0.3 is 15.7 Å². The quantitative estimate of drug-likeness (QED) is 0.737. The van der Waals surface area contributed by atoms with Crippen molar-refractivity contribution in [2.45, 2.75) is 25.3 Å². The van der Waals surface area contributed by atoms with Crippen molar-refractivity contribution in [3.05, 3.63) is 29.8 Å². The molecule has 1 heterocycles. The first-order chi connectivity index (χ1) is 9.04. The highest BCUT2D eigenvalue weighted by Crippen LogP contribution is 2.13. The molecule has 19 heavy (non-hydrogen) atoms. The molecule has 0 saturated carbocycles. The Morgan fingerprint density at radius 2 is 2.00 bits per heavy atom. The Hall–Kier alpha value is -2.37. The average Bonchev–Trinajstić information content (AvgIpc) is 2.78. The third kappa shape index (κ3) is 3.54. The third-order valence-corrected chi connectivity index (χ3v) is 2.89. The molecule has 0 bridgehead atoms. The predicted octanol–water partition coefficient (Wildman–Crippen LogP) is 0.531. The Kier molecular flexibility index (Phi) is 3.79. The van der Waals surface area contributed by atoms with Gasteiger partial charge in [0.2, 0.25) is 11.8 Å². The van der Waals surface area contributed by atoms with Crippen molar-refractivity contribution in [2.24, 2.45) is 0 Å². The van der Waals surface area contributed by atoms with Gasteiger partial charge in [-0.1, -0.05) is 12.1 Å². The molecule has 0 spiro atoms. The standard InChI is InChI=1S/C13H14N2O4/c16-11-6-5-10(15-11)13(19)14-9-3-1-8(2-4-9)7-12(17)18/h1-4,10H,5-7H2,(H,14,19)(H,15,16)(H,17,18)/t10-/m1/s1. The summed E-state index contributed by atoms with van der Waals surface area (Å²) in [5, 5.41) is 13.9. The maximum atomic E-state index is 11.8. The number of amides is 2. The normalized spacial score (nSPS) is 17.9. The Bertz CT molecular complexity index is 510. The minimum absolute atomic E-state index is 0.0487. The summed E-state index contributed by atoms with van der Waals surface area (Å²) in [6.45, 7) is 0. The van der Waals surface area contributed by atoms with E-state index in [4.69, 9.17) is 5.11 Å². The smallest absolute Gasteiger partial charge is 0.307 e. The van der Waals surface area contributed by atoms with Gasteiger partial charge in [-0.15, -0.1) is 0 Å². The summed E-state index contributed by atoms with van der Waals surface area (Å²) in [6.07, 6.45) is 0.824. The number of carboxylic acid groups (broad SMARTS) is 1. The number of carboxylic acids is 1. The largest absolute Gasteiger partial charge is 0.481 e. The van der Waals surface area contributed by atoms with Gasteiger partial charge in [0, 0.05) is 12.1 Å². The fraction of sp³-hybridized carbons (Fsp3) is 0.308. The third-order valence-electron chi connectivity index (χ3n) is 2.89. The van der Waals surface area contributed by atoms with Crippen molar-refractivity contribution >= 4 is 23.5 Å². The highest BCUT2D eigenvalue weighted by molar-refractivity contribution is 5.98. The Morgan fingerprint density at radius 3 is 2.53 bits per heavy atom. The first-order valence-electron chi connectivity index (χ1n) is 5.95. The van der Waals surface area contributed by atoms with Crippen LogP contribution in [0, 0.1) is 0 Å². The van der Waals surface area contributed by atoms with Gasteiger partial charge in [-0.05, 0) is 24.1 Å². The van der Waals surface area contributed by atoms with Crippen molar-refractivity contribution in [3.8, 4) is 0 Å². The van der Waals surface area contributed by atoms with Gasteiger partial charge in [0.1, 0.15) is 6.04 Å². The summed E-state index contributed by atoms with van der Waals surface area (Å²) < 4.78 is 0. The van der Waals surface area contributed by atoms with E-state index in [1.54, 1.807) is 24.3 Å². The van der Waals surface area contributed by atoms with Gasteiger partial charge in [0.25, 0.3) is 0 Å². The van der Waals surface area contributed by atoms with Crippen LogP contribution in [-0.2, 0) is 20.8 Å². The second-order valence-corrected chi connectivity index (χ2v) is 4.42. The Labute approximate surface area is 109 Å². The summed E-state index contributed by atoms with van der Waals surface area (Å²) in [5.41, 5.74) is 1.25. The number of carbonyl (C=O) groups excluding carboxylic acids is 2. The van der Waals surface area contributed by atoms with E-state index in [0.29, 0.717) is 24.1 Å². The first-order valence-corrected chi connectivity index (χ1v) is 5.95. The van der Waals surface area contributed by atoms with Crippen LogP contribution in [0.1, 0.15) is 18.4 Å². The van der Waals surface area contributed by atoms with E-state index in [1.807, 2.05) is 0 Å². The van der Waals surface area contributed by atoms with Crippen LogP contribution in [0.2, 0.25) is 0 Å². The summed E-state index contributed by atoms with van der Waals surface area (Å²) >= 11 is 0. The van der Waals surface area contributed by atoms with E-state index >= 15 is 0 Å². The zero-order chi connectivity index (χ0) is 13.8. The van der Waals surface area contributed by atoms with Crippen LogP contribution in [0.4, 0.5) is 5.69 Å². The molecule has 1 aromatic rings. The number of aliphatic carboxylic acids is 1.